The van der Waals surface area contributed by atoms with Crippen LogP contribution in [0.1, 0.15) is 39.3 Å². The van der Waals surface area contributed by atoms with Crippen molar-refractivity contribution in [3.8, 4) is 0 Å². The molecule has 16 heavy (non-hydrogen) atoms. The highest BCUT2D eigenvalue weighted by Crippen LogP contribution is 2.22. The Morgan fingerprint density at radius 2 is 2.00 bits per heavy atom. The van der Waals surface area contributed by atoms with Gasteiger partial charge in [0, 0.05) is 10.4 Å². The van der Waals surface area contributed by atoms with Gasteiger partial charge in [0.2, 0.25) is 0 Å². The monoisotopic (exact) mass is 238 g/mol. The van der Waals surface area contributed by atoms with Crippen LogP contribution < -0.4 is 5.73 Å². The van der Waals surface area contributed by atoms with E-state index in [1.807, 2.05) is 31.2 Å². The van der Waals surface area contributed by atoms with Gasteiger partial charge in [0.1, 0.15) is 0 Å². The highest BCUT2D eigenvalue weighted by atomic mass is 35.5. The van der Waals surface area contributed by atoms with Gasteiger partial charge in [-0.2, -0.15) is 0 Å². The van der Waals surface area contributed by atoms with Crippen LogP contribution in [-0.4, -0.2) is 5.84 Å². The van der Waals surface area contributed by atoms with E-state index in [1.165, 1.54) is 0 Å². The minimum absolute atomic E-state index is 0.0397. The van der Waals surface area contributed by atoms with Crippen molar-refractivity contribution in [2.75, 3.05) is 0 Å². The van der Waals surface area contributed by atoms with Crippen molar-refractivity contribution in [2.45, 2.75) is 33.7 Å². The van der Waals surface area contributed by atoms with Gasteiger partial charge < -0.3 is 5.73 Å². The van der Waals surface area contributed by atoms with Crippen molar-refractivity contribution in [1.82, 2.24) is 0 Å². The van der Waals surface area contributed by atoms with Crippen LogP contribution in [0.4, 0.5) is 0 Å². The van der Waals surface area contributed by atoms with Crippen molar-refractivity contribution in [3.05, 3.63) is 34.9 Å². The normalized spacial score (nSPS) is 14.9. The fourth-order valence-corrected chi connectivity index (χ4v) is 1.44. The molecule has 0 spiro atoms. The Morgan fingerprint density at radius 1 is 1.38 bits per heavy atom. The van der Waals surface area contributed by atoms with E-state index in [9.17, 15) is 0 Å². The van der Waals surface area contributed by atoms with Gasteiger partial charge in [0.15, 0.2) is 0 Å². The van der Waals surface area contributed by atoms with Crippen molar-refractivity contribution >= 4 is 17.4 Å². The summed E-state index contributed by atoms with van der Waals surface area (Å²) in [5.41, 5.74) is 6.94. The quantitative estimate of drug-likeness (QED) is 0.618. The Balaban J connectivity index is 2.92. The number of hydrogen-bond acceptors (Lipinski definition) is 1. The molecule has 1 rings (SSSR count). The zero-order valence-electron chi connectivity index (χ0n) is 10.3. The summed E-state index contributed by atoms with van der Waals surface area (Å²) in [6.07, 6.45) is 0. The largest absolute Gasteiger partial charge is 0.387 e. The third-order valence-corrected chi connectivity index (χ3v) is 2.67. The molecule has 3 heteroatoms. The minimum atomic E-state index is -0.0904. The highest BCUT2D eigenvalue weighted by Gasteiger charge is 2.16. The van der Waals surface area contributed by atoms with Gasteiger partial charge in [0.25, 0.3) is 0 Å². The summed E-state index contributed by atoms with van der Waals surface area (Å²) >= 11 is 5.94. The molecule has 0 bridgehead atoms. The molecule has 2 nitrogen and oxygen atoms in total. The smallest absolute Gasteiger partial charge is 0.0998 e. The maximum Gasteiger partial charge on any atom is 0.0998 e. The second kappa shape index (κ2) is 4.88. The molecule has 2 N–H and O–H groups in total. The van der Waals surface area contributed by atoms with Gasteiger partial charge in [-0.3, -0.25) is 4.99 Å². The van der Waals surface area contributed by atoms with Gasteiger partial charge in [0.05, 0.1) is 11.9 Å². The van der Waals surface area contributed by atoms with Gasteiger partial charge in [-0.25, -0.2) is 0 Å². The Kier molecular flexibility index (Phi) is 3.98. The number of hydrogen-bond donors (Lipinski definition) is 1. The minimum Gasteiger partial charge on any atom is -0.387 e. The molecule has 0 radical (unpaired) electrons. The molecule has 0 amide bonds. The number of aliphatic imine (C=N–C) groups is 1. The molecule has 1 aromatic carbocycles. The first-order chi connectivity index (χ1) is 7.30. The van der Waals surface area contributed by atoms with E-state index in [0.717, 1.165) is 10.6 Å². The molecule has 0 heterocycles. The lowest BCUT2D eigenvalue weighted by Gasteiger charge is -2.19. The van der Waals surface area contributed by atoms with Gasteiger partial charge in [-0.15, -0.1) is 0 Å². The summed E-state index contributed by atoms with van der Waals surface area (Å²) < 4.78 is 0. The van der Waals surface area contributed by atoms with E-state index in [2.05, 4.69) is 25.8 Å². The van der Waals surface area contributed by atoms with Crippen LogP contribution in [0, 0.1) is 5.41 Å². The van der Waals surface area contributed by atoms with Gasteiger partial charge in [-0.05, 0) is 24.6 Å². The third kappa shape index (κ3) is 3.53. The average Bonchev–Trinajstić information content (AvgIpc) is 2.16. The predicted molar refractivity (Wildman–Crippen MR) is 70.9 cm³/mol. The topological polar surface area (TPSA) is 38.4 Å². The zero-order chi connectivity index (χ0) is 12.3. The summed E-state index contributed by atoms with van der Waals surface area (Å²) in [5.74, 6) is 0.667. The van der Waals surface area contributed by atoms with Crippen LogP contribution >= 0.6 is 11.6 Å². The molecule has 0 fully saturated rings. The fraction of sp³-hybridized carbons (Fsp3) is 0.462. The van der Waals surface area contributed by atoms with E-state index >= 15 is 0 Å². The lowest BCUT2D eigenvalue weighted by Crippen LogP contribution is -2.29. The summed E-state index contributed by atoms with van der Waals surface area (Å²) in [6.45, 7) is 8.17. The lowest BCUT2D eigenvalue weighted by molar-refractivity contribution is 0.575. The number of benzene rings is 1. The molecule has 1 atom stereocenters. The molecule has 0 aromatic heterocycles. The predicted octanol–water partition coefficient (Wildman–Crippen LogP) is 3.80. The van der Waals surface area contributed by atoms with Crippen LogP contribution in [0.15, 0.2) is 29.3 Å². The first-order valence-electron chi connectivity index (χ1n) is 5.40. The lowest BCUT2D eigenvalue weighted by atomic mass is 9.95. The molecule has 1 aromatic rings. The third-order valence-electron chi connectivity index (χ3n) is 2.43. The van der Waals surface area contributed by atoms with Crippen molar-refractivity contribution in [3.63, 3.8) is 0 Å². The van der Waals surface area contributed by atoms with Crippen LogP contribution in [0.2, 0.25) is 5.02 Å². The van der Waals surface area contributed by atoms with Crippen molar-refractivity contribution in [2.24, 2.45) is 16.1 Å². The van der Waals surface area contributed by atoms with Gasteiger partial charge >= 0.3 is 0 Å². The molecular weight excluding hydrogens is 220 g/mol. The molecule has 0 aliphatic rings. The maximum absolute atomic E-state index is 5.94. The number of rotatable bonds is 2. The number of nitrogens with zero attached hydrogens (tertiary/aromatic N) is 1. The van der Waals surface area contributed by atoms with E-state index in [4.69, 9.17) is 17.3 Å². The van der Waals surface area contributed by atoms with E-state index in [0.29, 0.717) is 5.84 Å². The summed E-state index contributed by atoms with van der Waals surface area (Å²) in [6, 6.07) is 7.76. The summed E-state index contributed by atoms with van der Waals surface area (Å²) in [4.78, 5) is 4.50. The number of halogens is 1. The number of amidine groups is 1. The number of nitrogens with two attached hydrogens (primary N) is 1. The Bertz CT molecular complexity index is 391. The first kappa shape index (κ1) is 13.0. The van der Waals surface area contributed by atoms with Crippen molar-refractivity contribution < 1.29 is 0 Å². The Morgan fingerprint density at radius 3 is 2.50 bits per heavy atom. The second-order valence-corrected chi connectivity index (χ2v) is 5.43. The molecule has 0 saturated heterocycles. The molecular formula is C13H19ClN2. The summed E-state index contributed by atoms with van der Waals surface area (Å²) in [5, 5.41) is 0.730. The molecule has 1 unspecified atom stereocenters. The first-order valence-corrected chi connectivity index (χ1v) is 5.77. The zero-order valence-corrected chi connectivity index (χ0v) is 11.0. The molecule has 0 aliphatic carbocycles. The van der Waals surface area contributed by atoms with Crippen LogP contribution in [0.3, 0.4) is 0 Å². The SMILES string of the molecule is CC(N=C(N)C(C)(C)C)c1cccc(Cl)c1. The molecule has 88 valence electrons. The molecule has 0 saturated carbocycles. The average molecular weight is 239 g/mol. The Labute approximate surface area is 103 Å². The second-order valence-electron chi connectivity index (χ2n) is 5.00. The van der Waals surface area contributed by atoms with Crippen LogP contribution in [-0.2, 0) is 0 Å². The van der Waals surface area contributed by atoms with Crippen molar-refractivity contribution in [1.29, 1.82) is 0 Å². The van der Waals surface area contributed by atoms with Crippen LogP contribution in [0.25, 0.3) is 0 Å². The standard InChI is InChI=1S/C13H19ClN2/c1-9(16-12(15)13(2,3)4)10-6-5-7-11(14)8-10/h5-9H,1-4H3,(H2,15,16). The van der Waals surface area contributed by atoms with Crippen LogP contribution in [0.5, 0.6) is 0 Å². The van der Waals surface area contributed by atoms with Gasteiger partial charge in [-0.1, -0.05) is 44.5 Å². The molecule has 0 aliphatic heterocycles. The summed E-state index contributed by atoms with van der Waals surface area (Å²) in [7, 11) is 0. The van der Waals surface area contributed by atoms with E-state index in [1.54, 1.807) is 0 Å². The maximum atomic E-state index is 5.94. The fourth-order valence-electron chi connectivity index (χ4n) is 1.24. The Hall–Kier alpha value is -1.02. The van der Waals surface area contributed by atoms with E-state index < -0.39 is 0 Å². The van der Waals surface area contributed by atoms with E-state index in [-0.39, 0.29) is 11.5 Å². The highest BCUT2D eigenvalue weighted by molar-refractivity contribution is 6.30.